The van der Waals surface area contributed by atoms with E-state index in [1.54, 1.807) is 0 Å². The lowest BCUT2D eigenvalue weighted by Gasteiger charge is -2.38. The Morgan fingerprint density at radius 2 is 1.70 bits per heavy atom. The number of rotatable bonds is 4. The van der Waals surface area contributed by atoms with Crippen LogP contribution in [0.3, 0.4) is 0 Å². The standard InChI is InChI=1S/C21H29ClN2O3/c22-17-8-6-16(7-9-17)19(20(25)23-18-4-2-1-3-5-18)24-12-10-21(11-13-24)26-14-15-27-21/h6-9,18-19H,1-5,10-15H2,(H,23,25)/p+1. The number of benzene rings is 1. The maximum absolute atomic E-state index is 13.3. The summed E-state index contributed by atoms with van der Waals surface area (Å²) < 4.78 is 11.7. The molecule has 6 heteroatoms. The quantitative estimate of drug-likeness (QED) is 0.825. The number of amides is 1. The van der Waals surface area contributed by atoms with Gasteiger partial charge in [0.1, 0.15) is 0 Å². The molecule has 27 heavy (non-hydrogen) atoms. The normalized spacial score (nSPS) is 24.8. The van der Waals surface area contributed by atoms with Gasteiger partial charge in [-0.3, -0.25) is 4.79 Å². The fraction of sp³-hybridized carbons (Fsp3) is 0.667. The maximum Gasteiger partial charge on any atom is 0.283 e. The molecular formula is C21H30ClN2O3+. The average molecular weight is 394 g/mol. The molecule has 1 aliphatic carbocycles. The van der Waals surface area contributed by atoms with Gasteiger partial charge in [-0.15, -0.1) is 0 Å². The molecule has 0 radical (unpaired) electrons. The van der Waals surface area contributed by atoms with Gasteiger partial charge in [-0.2, -0.15) is 0 Å². The van der Waals surface area contributed by atoms with Crippen molar-refractivity contribution in [1.29, 1.82) is 0 Å². The van der Waals surface area contributed by atoms with Gasteiger partial charge in [0, 0.05) is 16.6 Å². The Hall–Kier alpha value is -1.14. The molecule has 1 unspecified atom stereocenters. The van der Waals surface area contributed by atoms with Crippen LogP contribution in [0.1, 0.15) is 56.6 Å². The second-order valence-electron chi connectivity index (χ2n) is 8.09. The Balaban J connectivity index is 1.49. The van der Waals surface area contributed by atoms with E-state index in [9.17, 15) is 4.79 Å². The number of halogens is 1. The Morgan fingerprint density at radius 3 is 2.33 bits per heavy atom. The number of nitrogens with one attached hydrogen (secondary N) is 2. The molecule has 1 saturated carbocycles. The first kappa shape index (κ1) is 19.2. The van der Waals surface area contributed by atoms with Crippen molar-refractivity contribution in [1.82, 2.24) is 5.32 Å². The van der Waals surface area contributed by atoms with Crippen molar-refractivity contribution < 1.29 is 19.2 Å². The number of hydrogen-bond acceptors (Lipinski definition) is 3. The number of piperidine rings is 1. The van der Waals surface area contributed by atoms with E-state index in [0.29, 0.717) is 24.3 Å². The maximum atomic E-state index is 13.3. The van der Waals surface area contributed by atoms with E-state index in [0.717, 1.165) is 44.3 Å². The molecule has 1 amide bonds. The molecule has 5 nitrogen and oxygen atoms in total. The Bertz CT molecular complexity index is 629. The third kappa shape index (κ3) is 4.48. The molecule has 2 saturated heterocycles. The van der Waals surface area contributed by atoms with Gasteiger partial charge in [-0.05, 0) is 25.0 Å². The van der Waals surface area contributed by atoms with Crippen LogP contribution in [-0.2, 0) is 14.3 Å². The lowest BCUT2D eigenvalue weighted by molar-refractivity contribution is -0.930. The molecule has 2 aliphatic heterocycles. The molecule has 3 aliphatic rings. The molecule has 1 aromatic rings. The fourth-order valence-electron chi connectivity index (χ4n) is 4.79. The lowest BCUT2D eigenvalue weighted by atomic mass is 9.94. The van der Waals surface area contributed by atoms with Crippen molar-refractivity contribution in [3.8, 4) is 0 Å². The SMILES string of the molecule is O=C(NC1CCCCC1)C(c1ccc(Cl)cc1)[NH+]1CCC2(CC1)OCCO2. The van der Waals surface area contributed by atoms with Gasteiger partial charge in [0.2, 0.25) is 0 Å². The van der Waals surface area contributed by atoms with Crippen LogP contribution >= 0.6 is 11.6 Å². The number of carbonyl (C=O) groups is 1. The van der Waals surface area contributed by atoms with Crippen molar-refractivity contribution in [3.05, 3.63) is 34.9 Å². The van der Waals surface area contributed by atoms with Crippen LogP contribution in [0.5, 0.6) is 0 Å². The minimum absolute atomic E-state index is 0.142. The molecular weight excluding hydrogens is 364 g/mol. The zero-order valence-corrected chi connectivity index (χ0v) is 16.6. The minimum Gasteiger partial charge on any atom is -0.348 e. The van der Waals surface area contributed by atoms with Crippen LogP contribution in [-0.4, -0.2) is 44.0 Å². The van der Waals surface area contributed by atoms with Crippen LogP contribution in [0.2, 0.25) is 5.02 Å². The van der Waals surface area contributed by atoms with Crippen molar-refractivity contribution in [2.45, 2.75) is 62.8 Å². The van der Waals surface area contributed by atoms with Crippen LogP contribution in [0, 0.1) is 0 Å². The summed E-state index contributed by atoms with van der Waals surface area (Å²) >= 11 is 6.08. The van der Waals surface area contributed by atoms with Gasteiger partial charge in [0.15, 0.2) is 11.8 Å². The van der Waals surface area contributed by atoms with Crippen molar-refractivity contribution >= 4 is 17.5 Å². The molecule has 1 atom stereocenters. The smallest absolute Gasteiger partial charge is 0.283 e. The van der Waals surface area contributed by atoms with Crippen LogP contribution in [0.25, 0.3) is 0 Å². The van der Waals surface area contributed by atoms with Crippen LogP contribution in [0.15, 0.2) is 24.3 Å². The summed E-state index contributed by atoms with van der Waals surface area (Å²) in [6.07, 6.45) is 7.58. The van der Waals surface area contributed by atoms with E-state index < -0.39 is 5.79 Å². The molecule has 2 N–H and O–H groups in total. The van der Waals surface area contributed by atoms with E-state index in [1.807, 2.05) is 24.3 Å². The number of quaternary nitrogens is 1. The lowest BCUT2D eigenvalue weighted by Crippen LogP contribution is -3.15. The third-order valence-electron chi connectivity index (χ3n) is 6.29. The molecule has 1 spiro atoms. The summed E-state index contributed by atoms with van der Waals surface area (Å²) in [5.41, 5.74) is 1.03. The molecule has 148 valence electrons. The van der Waals surface area contributed by atoms with Gasteiger partial charge >= 0.3 is 0 Å². The Morgan fingerprint density at radius 1 is 1.07 bits per heavy atom. The summed E-state index contributed by atoms with van der Waals surface area (Å²) in [4.78, 5) is 14.6. The monoisotopic (exact) mass is 393 g/mol. The first-order valence-electron chi connectivity index (χ1n) is 10.3. The summed E-state index contributed by atoms with van der Waals surface area (Å²) in [6.45, 7) is 3.09. The zero-order valence-electron chi connectivity index (χ0n) is 15.8. The third-order valence-corrected chi connectivity index (χ3v) is 6.54. The molecule has 4 rings (SSSR count). The molecule has 0 bridgehead atoms. The Kier molecular flexibility index (Phi) is 6.02. The van der Waals surface area contributed by atoms with Crippen molar-refractivity contribution in [3.63, 3.8) is 0 Å². The highest BCUT2D eigenvalue weighted by molar-refractivity contribution is 6.30. The average Bonchev–Trinajstić information content (AvgIpc) is 3.14. The highest BCUT2D eigenvalue weighted by Crippen LogP contribution is 2.28. The van der Waals surface area contributed by atoms with E-state index in [1.165, 1.54) is 24.2 Å². The highest BCUT2D eigenvalue weighted by Gasteiger charge is 2.45. The number of likely N-dealkylation sites (tertiary alicyclic amines) is 1. The van der Waals surface area contributed by atoms with E-state index in [2.05, 4.69) is 5.32 Å². The summed E-state index contributed by atoms with van der Waals surface area (Å²) in [5, 5.41) is 4.03. The molecule has 0 aromatic heterocycles. The largest absolute Gasteiger partial charge is 0.348 e. The predicted molar refractivity (Wildman–Crippen MR) is 104 cm³/mol. The highest BCUT2D eigenvalue weighted by atomic mass is 35.5. The van der Waals surface area contributed by atoms with Gasteiger partial charge in [0.05, 0.1) is 39.1 Å². The van der Waals surface area contributed by atoms with Crippen molar-refractivity contribution in [2.75, 3.05) is 26.3 Å². The molecule has 3 fully saturated rings. The van der Waals surface area contributed by atoms with Gasteiger partial charge in [-0.25, -0.2) is 0 Å². The van der Waals surface area contributed by atoms with E-state index in [4.69, 9.17) is 21.1 Å². The summed E-state index contributed by atoms with van der Waals surface area (Å²) in [5.74, 6) is -0.267. The van der Waals surface area contributed by atoms with Crippen LogP contribution in [0.4, 0.5) is 0 Å². The number of hydrogen-bond donors (Lipinski definition) is 2. The first-order chi connectivity index (χ1) is 13.2. The van der Waals surface area contributed by atoms with E-state index in [-0.39, 0.29) is 11.9 Å². The van der Waals surface area contributed by atoms with Gasteiger partial charge in [0.25, 0.3) is 5.91 Å². The topological polar surface area (TPSA) is 52.0 Å². The van der Waals surface area contributed by atoms with Gasteiger partial charge in [-0.1, -0.05) is 43.0 Å². The predicted octanol–water partition coefficient (Wildman–Crippen LogP) is 2.25. The second-order valence-corrected chi connectivity index (χ2v) is 8.53. The number of carbonyl (C=O) groups excluding carboxylic acids is 1. The minimum atomic E-state index is -0.409. The Labute approximate surface area is 166 Å². The zero-order chi connectivity index (χ0) is 18.7. The second kappa shape index (κ2) is 8.48. The first-order valence-corrected chi connectivity index (χ1v) is 10.7. The summed E-state index contributed by atoms with van der Waals surface area (Å²) in [6, 6.07) is 7.86. The number of ether oxygens (including phenoxy) is 2. The molecule has 1 aromatic carbocycles. The fourth-order valence-corrected chi connectivity index (χ4v) is 4.91. The molecule has 2 heterocycles. The summed E-state index contributed by atoms with van der Waals surface area (Å²) in [7, 11) is 0. The van der Waals surface area contributed by atoms with Crippen LogP contribution < -0.4 is 10.2 Å². The van der Waals surface area contributed by atoms with Gasteiger partial charge < -0.3 is 19.7 Å². The van der Waals surface area contributed by atoms with Crippen molar-refractivity contribution in [2.24, 2.45) is 0 Å². The van der Waals surface area contributed by atoms with E-state index >= 15 is 0 Å².